The molecule has 0 aromatic carbocycles. The molecule has 12 heavy (non-hydrogen) atoms. The summed E-state index contributed by atoms with van der Waals surface area (Å²) < 4.78 is 0. The van der Waals surface area contributed by atoms with Gasteiger partial charge >= 0.3 is 5.97 Å². The highest BCUT2D eigenvalue weighted by Gasteiger charge is 2.07. The van der Waals surface area contributed by atoms with Gasteiger partial charge in [0.1, 0.15) is 5.01 Å². The van der Waals surface area contributed by atoms with Crippen LogP contribution in [0.25, 0.3) is 0 Å². The van der Waals surface area contributed by atoms with Gasteiger partial charge in [0, 0.05) is 5.38 Å². The summed E-state index contributed by atoms with van der Waals surface area (Å²) in [6.45, 7) is 0.279. The third kappa shape index (κ3) is 2.03. The van der Waals surface area contributed by atoms with Crippen LogP contribution in [0, 0.1) is 0 Å². The maximum absolute atomic E-state index is 10.3. The number of carboxylic acids is 1. The van der Waals surface area contributed by atoms with E-state index < -0.39 is 5.97 Å². The first-order valence-electron chi connectivity index (χ1n) is 3.08. The van der Waals surface area contributed by atoms with Crippen molar-refractivity contribution in [3.63, 3.8) is 0 Å². The van der Waals surface area contributed by atoms with Gasteiger partial charge in [-0.05, 0) is 0 Å². The molecule has 0 fully saturated rings. The summed E-state index contributed by atoms with van der Waals surface area (Å²) >= 11 is 1.20. The van der Waals surface area contributed by atoms with E-state index in [1.165, 1.54) is 16.7 Å². The van der Waals surface area contributed by atoms with Gasteiger partial charge in [0.15, 0.2) is 5.69 Å². The first kappa shape index (κ1) is 8.66. The van der Waals surface area contributed by atoms with Crippen molar-refractivity contribution in [2.24, 2.45) is 0 Å². The van der Waals surface area contributed by atoms with Crippen molar-refractivity contribution < 1.29 is 14.7 Å². The molecule has 64 valence electrons. The van der Waals surface area contributed by atoms with Crippen LogP contribution in [-0.2, 0) is 11.3 Å². The minimum atomic E-state index is -1.05. The average Bonchev–Trinajstić information content (AvgIpc) is 2.48. The molecule has 0 atom stereocenters. The second kappa shape index (κ2) is 3.82. The van der Waals surface area contributed by atoms with Crippen molar-refractivity contribution in [3.05, 3.63) is 16.1 Å². The number of rotatable bonds is 4. The Morgan fingerprint density at radius 1 is 1.83 bits per heavy atom. The summed E-state index contributed by atoms with van der Waals surface area (Å²) in [5.41, 5.74) is 0.0164. The minimum absolute atomic E-state index is 0.0164. The van der Waals surface area contributed by atoms with E-state index >= 15 is 0 Å². The number of carbonyl (C=O) groups is 2. The Balaban J connectivity index is 2.64. The van der Waals surface area contributed by atoms with E-state index in [-0.39, 0.29) is 12.2 Å². The van der Waals surface area contributed by atoms with E-state index in [4.69, 9.17) is 5.11 Å². The lowest BCUT2D eigenvalue weighted by molar-refractivity contribution is -0.109. The van der Waals surface area contributed by atoms with Crippen molar-refractivity contribution in [3.8, 4) is 0 Å². The van der Waals surface area contributed by atoms with E-state index in [9.17, 15) is 9.59 Å². The zero-order valence-electron chi connectivity index (χ0n) is 5.98. The molecule has 1 aromatic rings. The van der Waals surface area contributed by atoms with Crippen molar-refractivity contribution in [1.82, 2.24) is 10.3 Å². The second-order valence-electron chi connectivity index (χ2n) is 1.93. The predicted molar refractivity (Wildman–Crippen MR) is 42.0 cm³/mol. The van der Waals surface area contributed by atoms with E-state index in [1.807, 2.05) is 0 Å². The maximum atomic E-state index is 10.3. The van der Waals surface area contributed by atoms with Crippen molar-refractivity contribution in [1.29, 1.82) is 0 Å². The van der Waals surface area contributed by atoms with Gasteiger partial charge in [0.05, 0.1) is 6.54 Å². The molecular weight excluding hydrogens is 180 g/mol. The van der Waals surface area contributed by atoms with Crippen LogP contribution < -0.4 is 5.32 Å². The molecule has 0 aliphatic rings. The summed E-state index contributed by atoms with van der Waals surface area (Å²) in [6, 6.07) is 0. The van der Waals surface area contributed by atoms with Gasteiger partial charge < -0.3 is 10.4 Å². The number of nitrogens with one attached hydrogen (secondary N) is 1. The molecule has 0 spiro atoms. The van der Waals surface area contributed by atoms with Crippen molar-refractivity contribution in [2.45, 2.75) is 6.54 Å². The first-order chi connectivity index (χ1) is 5.74. The van der Waals surface area contributed by atoms with Crippen LogP contribution in [0.1, 0.15) is 15.5 Å². The summed E-state index contributed by atoms with van der Waals surface area (Å²) in [5.74, 6) is -1.05. The Kier molecular flexibility index (Phi) is 2.76. The lowest BCUT2D eigenvalue weighted by Crippen LogP contribution is -2.09. The molecule has 1 rings (SSSR count). The Bertz CT molecular complexity index is 297. The van der Waals surface area contributed by atoms with Crippen LogP contribution >= 0.6 is 11.3 Å². The molecule has 0 aliphatic carbocycles. The molecule has 0 bridgehead atoms. The molecule has 1 heterocycles. The average molecular weight is 186 g/mol. The lowest BCUT2D eigenvalue weighted by Gasteiger charge is -1.90. The summed E-state index contributed by atoms with van der Waals surface area (Å²) in [5, 5.41) is 12.9. The number of hydrogen-bond acceptors (Lipinski definition) is 4. The molecule has 6 heteroatoms. The Morgan fingerprint density at radius 2 is 2.58 bits per heavy atom. The quantitative estimate of drug-likeness (QED) is 0.653. The lowest BCUT2D eigenvalue weighted by atomic mass is 10.5. The standard InChI is InChI=1S/C6H6N2O3S/c9-3-7-1-5-8-4(2-12-5)6(10)11/h2-3H,1H2,(H,7,9)(H,10,11). The molecule has 0 saturated carbocycles. The van der Waals surface area contributed by atoms with Gasteiger partial charge in [0.2, 0.25) is 6.41 Å². The topological polar surface area (TPSA) is 79.3 Å². The van der Waals surface area contributed by atoms with Crippen LogP contribution in [0.3, 0.4) is 0 Å². The van der Waals surface area contributed by atoms with Crippen LogP contribution in [0.4, 0.5) is 0 Å². The van der Waals surface area contributed by atoms with Gasteiger partial charge in [0.25, 0.3) is 0 Å². The molecule has 2 N–H and O–H groups in total. The third-order valence-electron chi connectivity index (χ3n) is 1.11. The number of hydrogen-bond donors (Lipinski definition) is 2. The number of aromatic carboxylic acids is 1. The number of carboxylic acid groups (broad SMARTS) is 1. The third-order valence-corrected chi connectivity index (χ3v) is 1.96. The van der Waals surface area contributed by atoms with Crippen LogP contribution in [0.5, 0.6) is 0 Å². The largest absolute Gasteiger partial charge is 0.476 e. The zero-order chi connectivity index (χ0) is 8.97. The fraction of sp³-hybridized carbons (Fsp3) is 0.167. The van der Waals surface area contributed by atoms with E-state index in [0.717, 1.165) is 0 Å². The number of carbonyl (C=O) groups excluding carboxylic acids is 1. The predicted octanol–water partition coefficient (Wildman–Crippen LogP) is 0.0873. The van der Waals surface area contributed by atoms with Crippen LogP contribution in [0.15, 0.2) is 5.38 Å². The smallest absolute Gasteiger partial charge is 0.355 e. The summed E-state index contributed by atoms with van der Waals surface area (Å²) in [6.07, 6.45) is 0.543. The van der Waals surface area contributed by atoms with Gasteiger partial charge in [-0.15, -0.1) is 11.3 Å². The Hall–Kier alpha value is -1.43. The number of nitrogens with zero attached hydrogens (tertiary/aromatic N) is 1. The maximum Gasteiger partial charge on any atom is 0.355 e. The van der Waals surface area contributed by atoms with Crippen molar-refractivity contribution in [2.75, 3.05) is 0 Å². The highest BCUT2D eigenvalue weighted by Crippen LogP contribution is 2.08. The van der Waals surface area contributed by atoms with Gasteiger partial charge in [-0.2, -0.15) is 0 Å². The van der Waals surface area contributed by atoms with E-state index in [1.54, 1.807) is 0 Å². The molecule has 1 aromatic heterocycles. The highest BCUT2D eigenvalue weighted by molar-refractivity contribution is 7.09. The molecule has 0 unspecified atom stereocenters. The number of thiazole rings is 1. The SMILES string of the molecule is O=CNCc1nc(C(=O)O)cs1. The fourth-order valence-corrected chi connectivity index (χ4v) is 1.34. The van der Waals surface area contributed by atoms with E-state index in [2.05, 4.69) is 10.3 Å². The summed E-state index contributed by atoms with van der Waals surface area (Å²) in [7, 11) is 0. The second-order valence-corrected chi connectivity index (χ2v) is 2.87. The molecule has 5 nitrogen and oxygen atoms in total. The van der Waals surface area contributed by atoms with Gasteiger partial charge in [-0.25, -0.2) is 9.78 Å². The monoisotopic (exact) mass is 186 g/mol. The van der Waals surface area contributed by atoms with Crippen LogP contribution in [-0.4, -0.2) is 22.5 Å². The van der Waals surface area contributed by atoms with Crippen molar-refractivity contribution >= 4 is 23.7 Å². The first-order valence-corrected chi connectivity index (χ1v) is 3.96. The highest BCUT2D eigenvalue weighted by atomic mass is 32.1. The fourth-order valence-electron chi connectivity index (χ4n) is 0.619. The van der Waals surface area contributed by atoms with Gasteiger partial charge in [-0.3, -0.25) is 4.79 Å². The normalized spacial score (nSPS) is 9.33. The number of amides is 1. The van der Waals surface area contributed by atoms with Crippen LogP contribution in [0.2, 0.25) is 0 Å². The van der Waals surface area contributed by atoms with Gasteiger partial charge in [-0.1, -0.05) is 0 Å². The minimum Gasteiger partial charge on any atom is -0.476 e. The Labute approximate surface area is 72.1 Å². The molecule has 0 saturated heterocycles. The Morgan fingerprint density at radius 3 is 3.08 bits per heavy atom. The molecule has 1 amide bonds. The molecular formula is C6H6N2O3S. The zero-order valence-corrected chi connectivity index (χ0v) is 6.80. The van der Waals surface area contributed by atoms with E-state index in [0.29, 0.717) is 11.4 Å². The summed E-state index contributed by atoms with van der Waals surface area (Å²) in [4.78, 5) is 24.0. The molecule has 0 radical (unpaired) electrons. The number of aromatic nitrogens is 1. The molecule has 0 aliphatic heterocycles.